The maximum Gasteiger partial charge on any atom is 0.108 e. The van der Waals surface area contributed by atoms with Crippen molar-refractivity contribution in [1.82, 2.24) is 0 Å². The average molecular weight is 291 g/mol. The highest BCUT2D eigenvalue weighted by molar-refractivity contribution is 14.1. The third-order valence-electron chi connectivity index (χ3n) is 2.46. The Bertz CT molecular complexity index is 304. The van der Waals surface area contributed by atoms with Gasteiger partial charge in [0.05, 0.1) is 6.04 Å². The van der Waals surface area contributed by atoms with Gasteiger partial charge in [-0.2, -0.15) is 0 Å². The second-order valence-corrected chi connectivity index (χ2v) is 4.31. The highest BCUT2D eigenvalue weighted by Crippen LogP contribution is 2.32. The number of hydrogen-bond donors (Lipinski definition) is 2. The highest BCUT2D eigenvalue weighted by Gasteiger charge is 2.28. The molecule has 2 atom stereocenters. The monoisotopic (exact) mass is 291 g/mol. The van der Waals surface area contributed by atoms with Crippen molar-refractivity contribution in [3.63, 3.8) is 0 Å². The number of aliphatic imine (C=N–C) groups is 1. The van der Waals surface area contributed by atoms with Crippen LogP contribution in [0.2, 0.25) is 0 Å². The molecule has 0 aromatic rings. The van der Waals surface area contributed by atoms with Crippen LogP contribution in [-0.4, -0.2) is 18.8 Å². The summed E-state index contributed by atoms with van der Waals surface area (Å²) in [5, 5.41) is 0. The van der Waals surface area contributed by atoms with Gasteiger partial charge in [-0.1, -0.05) is 0 Å². The average Bonchev–Trinajstić information content (AvgIpc) is 2.13. The minimum atomic E-state index is -0.154. The summed E-state index contributed by atoms with van der Waals surface area (Å²) in [5.41, 5.74) is 14.8. The molecule has 0 fully saturated rings. The van der Waals surface area contributed by atoms with Gasteiger partial charge in [-0.15, -0.1) is 0 Å². The van der Waals surface area contributed by atoms with Crippen LogP contribution < -0.4 is 11.5 Å². The van der Waals surface area contributed by atoms with Crippen LogP contribution in [-0.2, 0) is 0 Å². The van der Waals surface area contributed by atoms with Crippen molar-refractivity contribution in [1.29, 1.82) is 0 Å². The number of allylic oxidation sites excluding steroid dienone is 2. The SMILES string of the molecule is C=NC1C(N)=C(C)C(I)=C(C)C1N. The third-order valence-corrected chi connectivity index (χ3v) is 4.12. The number of nitrogens with zero attached hydrogens (tertiary/aromatic N) is 1. The van der Waals surface area contributed by atoms with Crippen LogP contribution in [0.1, 0.15) is 13.8 Å². The first-order chi connectivity index (χ1) is 6.00. The number of halogens is 1. The van der Waals surface area contributed by atoms with Gasteiger partial charge in [0.2, 0.25) is 0 Å². The van der Waals surface area contributed by atoms with Crippen molar-refractivity contribution < 1.29 is 0 Å². The largest absolute Gasteiger partial charge is 0.400 e. The van der Waals surface area contributed by atoms with Crippen LogP contribution in [0.25, 0.3) is 0 Å². The number of hydrogen-bond acceptors (Lipinski definition) is 3. The third kappa shape index (κ3) is 1.65. The van der Waals surface area contributed by atoms with Crippen molar-refractivity contribution in [3.05, 3.63) is 20.4 Å². The molecule has 0 radical (unpaired) electrons. The summed E-state index contributed by atoms with van der Waals surface area (Å²) in [4.78, 5) is 3.95. The molecule has 0 bridgehead atoms. The summed E-state index contributed by atoms with van der Waals surface area (Å²) >= 11 is 2.27. The van der Waals surface area contributed by atoms with Crippen molar-refractivity contribution in [3.8, 4) is 0 Å². The molecule has 0 aromatic carbocycles. The quantitative estimate of drug-likeness (QED) is 0.565. The summed E-state index contributed by atoms with van der Waals surface area (Å²) in [5.74, 6) is 0. The van der Waals surface area contributed by atoms with E-state index in [9.17, 15) is 0 Å². The van der Waals surface area contributed by atoms with Crippen molar-refractivity contribution in [2.45, 2.75) is 25.9 Å². The molecular formula is C9H14IN3. The van der Waals surface area contributed by atoms with E-state index in [0.717, 1.165) is 20.4 Å². The van der Waals surface area contributed by atoms with Gasteiger partial charge in [-0.05, 0) is 54.3 Å². The zero-order valence-electron chi connectivity index (χ0n) is 7.84. The van der Waals surface area contributed by atoms with E-state index >= 15 is 0 Å². The van der Waals surface area contributed by atoms with E-state index in [1.165, 1.54) is 0 Å². The van der Waals surface area contributed by atoms with E-state index in [4.69, 9.17) is 11.5 Å². The van der Waals surface area contributed by atoms with Gasteiger partial charge in [0.15, 0.2) is 0 Å². The maximum absolute atomic E-state index is 5.97. The summed E-state index contributed by atoms with van der Waals surface area (Å²) < 4.78 is 1.16. The van der Waals surface area contributed by atoms with Crippen LogP contribution in [0.4, 0.5) is 0 Å². The summed E-state index contributed by atoms with van der Waals surface area (Å²) in [7, 11) is 0. The normalized spacial score (nSPS) is 29.5. The predicted octanol–water partition coefficient (Wildman–Crippen LogP) is 1.34. The Morgan fingerprint density at radius 3 is 2.46 bits per heavy atom. The minimum Gasteiger partial charge on any atom is -0.400 e. The molecule has 1 aliphatic carbocycles. The van der Waals surface area contributed by atoms with E-state index in [2.05, 4.69) is 34.3 Å². The lowest BCUT2D eigenvalue weighted by atomic mass is 9.90. The molecule has 0 aromatic heterocycles. The topological polar surface area (TPSA) is 64.4 Å². The summed E-state index contributed by atoms with van der Waals surface area (Å²) in [6.07, 6.45) is 0. The Labute approximate surface area is 92.1 Å². The lowest BCUT2D eigenvalue weighted by molar-refractivity contribution is 0.628. The van der Waals surface area contributed by atoms with Gasteiger partial charge in [0, 0.05) is 9.28 Å². The first-order valence-corrected chi connectivity index (χ1v) is 5.12. The maximum atomic E-state index is 5.97. The summed E-state index contributed by atoms with van der Waals surface area (Å²) in [6, 6.07) is -0.272. The predicted molar refractivity (Wildman–Crippen MR) is 64.9 cm³/mol. The standard InChI is InChI=1S/C9H14IN3/c1-4-6(10)5(2)8(12)9(13-3)7(4)11/h7,9H,3,11-12H2,1-2H3. The lowest BCUT2D eigenvalue weighted by Crippen LogP contribution is -2.41. The fourth-order valence-electron chi connectivity index (χ4n) is 1.43. The molecule has 1 rings (SSSR count). The molecule has 0 heterocycles. The van der Waals surface area contributed by atoms with Gasteiger partial charge in [-0.3, -0.25) is 4.99 Å². The Hall–Kier alpha value is -0.360. The minimum absolute atomic E-state index is 0.118. The van der Waals surface area contributed by atoms with Crippen molar-refractivity contribution >= 4 is 29.3 Å². The summed E-state index contributed by atoms with van der Waals surface area (Å²) in [6.45, 7) is 7.52. The zero-order valence-corrected chi connectivity index (χ0v) is 10.00. The molecule has 0 saturated carbocycles. The molecule has 13 heavy (non-hydrogen) atoms. The van der Waals surface area contributed by atoms with E-state index < -0.39 is 0 Å². The van der Waals surface area contributed by atoms with Gasteiger partial charge < -0.3 is 11.5 Å². The van der Waals surface area contributed by atoms with E-state index in [1.54, 1.807) is 0 Å². The second-order valence-electron chi connectivity index (χ2n) is 3.23. The van der Waals surface area contributed by atoms with E-state index in [-0.39, 0.29) is 12.1 Å². The number of rotatable bonds is 1. The van der Waals surface area contributed by atoms with Gasteiger partial charge >= 0.3 is 0 Å². The number of nitrogens with two attached hydrogens (primary N) is 2. The molecule has 0 amide bonds. The highest BCUT2D eigenvalue weighted by atomic mass is 127. The van der Waals surface area contributed by atoms with Crippen LogP contribution in [0.15, 0.2) is 25.4 Å². The van der Waals surface area contributed by atoms with Crippen molar-refractivity contribution in [2.24, 2.45) is 16.5 Å². The van der Waals surface area contributed by atoms with E-state index in [1.807, 2.05) is 13.8 Å². The molecule has 2 unspecified atom stereocenters. The molecule has 3 nitrogen and oxygen atoms in total. The molecule has 72 valence electrons. The van der Waals surface area contributed by atoms with Crippen LogP contribution in [0.5, 0.6) is 0 Å². The van der Waals surface area contributed by atoms with E-state index in [0.29, 0.717) is 0 Å². The van der Waals surface area contributed by atoms with Gasteiger partial charge in [-0.25, -0.2) is 0 Å². The second kappa shape index (κ2) is 3.79. The Kier molecular flexibility index (Phi) is 3.13. The van der Waals surface area contributed by atoms with Crippen molar-refractivity contribution in [2.75, 3.05) is 0 Å². The van der Waals surface area contributed by atoms with Crippen LogP contribution >= 0.6 is 22.6 Å². The molecule has 0 spiro atoms. The lowest BCUT2D eigenvalue weighted by Gasteiger charge is -2.28. The molecule has 0 saturated heterocycles. The fraction of sp³-hybridized carbons (Fsp3) is 0.444. The first-order valence-electron chi connectivity index (χ1n) is 4.05. The van der Waals surface area contributed by atoms with Crippen LogP contribution in [0.3, 0.4) is 0 Å². The van der Waals surface area contributed by atoms with Crippen LogP contribution in [0, 0.1) is 0 Å². The molecule has 0 aliphatic heterocycles. The first kappa shape index (κ1) is 10.7. The Balaban J connectivity index is 3.22. The Morgan fingerprint density at radius 1 is 1.46 bits per heavy atom. The Morgan fingerprint density at radius 2 is 2.00 bits per heavy atom. The molecule has 4 heteroatoms. The smallest absolute Gasteiger partial charge is 0.108 e. The molecular weight excluding hydrogens is 277 g/mol. The van der Waals surface area contributed by atoms with Gasteiger partial charge in [0.25, 0.3) is 0 Å². The fourth-order valence-corrected chi connectivity index (χ4v) is 2.10. The molecule has 4 N–H and O–H groups in total. The molecule has 1 aliphatic rings. The van der Waals surface area contributed by atoms with Gasteiger partial charge in [0.1, 0.15) is 6.04 Å². The zero-order chi connectivity index (χ0) is 10.2.